The van der Waals surface area contributed by atoms with E-state index in [4.69, 9.17) is 35.8 Å². The standard InChI is InChI=1S/C35H37ClFN7O6S/c1-35(2,3)50-33(45)41-31-20(12-38)25-19(8-9-23(37)29(25)51-31)24-21-15-48-16-22(21)26-28(27(24)36)39-32(49-11-10-42(4)5)40-30(26)44-17-6-7-18(44)14-43(13-17)34(46)47/h8-9,17-18H,6-7,10-11,13-16H2,1-5H3,(H,41,45)(H,46,47). The van der Waals surface area contributed by atoms with Crippen molar-refractivity contribution in [2.45, 2.75) is 64.5 Å². The number of rotatable bonds is 7. The third-order valence-electron chi connectivity index (χ3n) is 9.31. The Bertz CT molecular complexity index is 2120. The second-order valence-corrected chi connectivity index (χ2v) is 15.6. The van der Waals surface area contributed by atoms with Crippen LogP contribution in [0.15, 0.2) is 12.1 Å². The van der Waals surface area contributed by atoms with E-state index in [1.54, 1.807) is 26.8 Å². The quantitative estimate of drug-likeness (QED) is 0.205. The van der Waals surface area contributed by atoms with E-state index in [0.29, 0.717) is 59.5 Å². The van der Waals surface area contributed by atoms with Gasteiger partial charge in [-0.15, -0.1) is 11.3 Å². The van der Waals surface area contributed by atoms with Crippen LogP contribution in [-0.2, 0) is 22.7 Å². The maximum atomic E-state index is 15.5. The predicted octanol–water partition coefficient (Wildman–Crippen LogP) is 6.82. The fourth-order valence-corrected chi connectivity index (χ4v) is 8.64. The molecule has 2 bridgehead atoms. The largest absolute Gasteiger partial charge is 0.465 e. The average molecular weight is 738 g/mol. The zero-order valence-corrected chi connectivity index (χ0v) is 30.4. The van der Waals surface area contributed by atoms with E-state index >= 15 is 4.39 Å². The smallest absolute Gasteiger partial charge is 0.412 e. The summed E-state index contributed by atoms with van der Waals surface area (Å²) < 4.78 is 33.2. The van der Waals surface area contributed by atoms with Gasteiger partial charge in [0.25, 0.3) is 0 Å². The van der Waals surface area contributed by atoms with Crippen molar-refractivity contribution in [1.82, 2.24) is 19.8 Å². The van der Waals surface area contributed by atoms with Gasteiger partial charge in [-0.3, -0.25) is 5.32 Å². The second-order valence-electron chi connectivity index (χ2n) is 14.2. The summed E-state index contributed by atoms with van der Waals surface area (Å²) in [5.74, 6) is 0.0448. The lowest BCUT2D eigenvalue weighted by atomic mass is 9.90. The average Bonchev–Trinajstić information content (AvgIpc) is 3.74. The molecule has 2 amide bonds. The fraction of sp³-hybridized carbons (Fsp3) is 0.457. The molecule has 2 aromatic carbocycles. The lowest BCUT2D eigenvalue weighted by Crippen LogP contribution is -2.55. The van der Waals surface area contributed by atoms with E-state index in [2.05, 4.69) is 16.3 Å². The van der Waals surface area contributed by atoms with Gasteiger partial charge in [-0.05, 0) is 70.5 Å². The van der Waals surface area contributed by atoms with Crippen molar-refractivity contribution in [2.75, 3.05) is 50.6 Å². The normalized spacial score (nSPS) is 18.4. The molecular weight excluding hydrogens is 701 g/mol. The Balaban J connectivity index is 1.44. The van der Waals surface area contributed by atoms with Gasteiger partial charge in [0, 0.05) is 42.7 Å². The van der Waals surface area contributed by atoms with Gasteiger partial charge >= 0.3 is 18.2 Å². The zero-order valence-electron chi connectivity index (χ0n) is 28.8. The highest BCUT2D eigenvalue weighted by atomic mass is 35.5. The van der Waals surface area contributed by atoms with E-state index in [1.807, 2.05) is 19.0 Å². The van der Waals surface area contributed by atoms with Crippen LogP contribution in [0.3, 0.4) is 0 Å². The molecule has 7 rings (SSSR count). The highest BCUT2D eigenvalue weighted by Crippen LogP contribution is 2.51. The number of thiophene rings is 1. The molecule has 2 atom stereocenters. The van der Waals surface area contributed by atoms with Gasteiger partial charge in [0.15, 0.2) is 0 Å². The molecule has 0 saturated carbocycles. The number of halogens is 2. The van der Waals surface area contributed by atoms with Crippen LogP contribution in [0.5, 0.6) is 6.01 Å². The van der Waals surface area contributed by atoms with Crippen molar-refractivity contribution in [1.29, 1.82) is 5.26 Å². The number of anilines is 2. The number of ether oxygens (including phenoxy) is 3. The first-order chi connectivity index (χ1) is 24.3. The number of amides is 2. The van der Waals surface area contributed by atoms with Gasteiger partial charge in [0.2, 0.25) is 0 Å². The first-order valence-electron chi connectivity index (χ1n) is 16.6. The van der Waals surface area contributed by atoms with E-state index < -0.39 is 23.6 Å². The topological polar surface area (TPSA) is 153 Å². The van der Waals surface area contributed by atoms with Gasteiger partial charge < -0.3 is 34.0 Å². The monoisotopic (exact) mass is 737 g/mol. The van der Waals surface area contributed by atoms with Gasteiger partial charge in [0.1, 0.15) is 34.9 Å². The number of carbonyl (C=O) groups excluding carboxylic acids is 1. The minimum atomic E-state index is -0.950. The summed E-state index contributed by atoms with van der Waals surface area (Å²) in [5.41, 5.74) is 2.25. The Morgan fingerprint density at radius 3 is 2.53 bits per heavy atom. The lowest BCUT2D eigenvalue weighted by Gasteiger charge is -2.41. The Labute approximate surface area is 302 Å². The number of carbonyl (C=O) groups is 2. The van der Waals surface area contributed by atoms with Crippen molar-refractivity contribution in [2.24, 2.45) is 0 Å². The van der Waals surface area contributed by atoms with Crippen molar-refractivity contribution in [3.8, 4) is 23.2 Å². The molecule has 16 heteroatoms. The molecule has 268 valence electrons. The molecule has 3 aliphatic rings. The van der Waals surface area contributed by atoms with Gasteiger partial charge in [0.05, 0.1) is 39.4 Å². The molecule has 0 radical (unpaired) electrons. The molecule has 2 unspecified atom stereocenters. The Morgan fingerprint density at radius 2 is 1.88 bits per heavy atom. The van der Waals surface area contributed by atoms with E-state index in [1.165, 1.54) is 11.0 Å². The van der Waals surface area contributed by atoms with Gasteiger partial charge in [-0.2, -0.15) is 15.2 Å². The molecule has 2 fully saturated rings. The summed E-state index contributed by atoms with van der Waals surface area (Å²) in [6, 6.07) is 4.96. The molecule has 2 aromatic heterocycles. The maximum absolute atomic E-state index is 15.5. The van der Waals surface area contributed by atoms with E-state index in [0.717, 1.165) is 35.3 Å². The Kier molecular flexibility index (Phi) is 9.07. The molecule has 3 aliphatic heterocycles. The number of nitrogens with zero attached hydrogens (tertiary/aromatic N) is 6. The zero-order chi connectivity index (χ0) is 36.4. The Morgan fingerprint density at radius 1 is 1.18 bits per heavy atom. The highest BCUT2D eigenvalue weighted by molar-refractivity contribution is 7.23. The second kappa shape index (κ2) is 13.2. The molecule has 5 heterocycles. The SMILES string of the molecule is CN(C)CCOc1nc(N2C3CCC2CN(C(=O)O)C3)c2c3c(c(-c4ccc(F)c5sc(NC(=O)OC(C)(C)C)c(C#N)c45)c(Cl)c2n1)COC3. The first kappa shape index (κ1) is 34.9. The Hall–Kier alpha value is -4.49. The summed E-state index contributed by atoms with van der Waals surface area (Å²) in [7, 11) is 3.86. The number of piperazine rings is 1. The molecule has 0 aliphatic carbocycles. The van der Waals surface area contributed by atoms with Gasteiger partial charge in [-0.1, -0.05) is 17.7 Å². The number of likely N-dealkylation sites (N-methyl/N-ethyl adjacent to an activating group) is 1. The highest BCUT2D eigenvalue weighted by Gasteiger charge is 2.44. The number of hydrogen-bond donors (Lipinski definition) is 2. The third kappa shape index (κ3) is 6.35. The van der Waals surface area contributed by atoms with Crippen molar-refractivity contribution >= 4 is 66.9 Å². The summed E-state index contributed by atoms with van der Waals surface area (Å²) in [4.78, 5) is 40.1. The van der Waals surface area contributed by atoms with Crippen molar-refractivity contribution in [3.63, 3.8) is 0 Å². The van der Waals surface area contributed by atoms with E-state index in [-0.39, 0.29) is 51.6 Å². The van der Waals surface area contributed by atoms with Crippen LogP contribution >= 0.6 is 22.9 Å². The van der Waals surface area contributed by atoms with Crippen LogP contribution in [0.2, 0.25) is 5.02 Å². The number of benzene rings is 2. The number of aromatic nitrogens is 2. The van der Waals surface area contributed by atoms with E-state index in [9.17, 15) is 20.0 Å². The molecule has 4 aromatic rings. The summed E-state index contributed by atoms with van der Waals surface area (Å²) in [6.45, 7) is 7.16. The van der Waals surface area contributed by atoms with Gasteiger partial charge in [-0.25, -0.2) is 14.0 Å². The summed E-state index contributed by atoms with van der Waals surface area (Å²) >= 11 is 8.34. The summed E-state index contributed by atoms with van der Waals surface area (Å²) in [6.07, 6.45) is -0.128. The number of carboxylic acid groups (broad SMARTS) is 1. The maximum Gasteiger partial charge on any atom is 0.412 e. The van der Waals surface area contributed by atoms with Crippen LogP contribution < -0.4 is 15.0 Å². The molecular formula is C35H37ClFN7O6S. The van der Waals surface area contributed by atoms with Crippen LogP contribution in [0, 0.1) is 17.1 Å². The number of nitrogens with one attached hydrogen (secondary N) is 1. The lowest BCUT2D eigenvalue weighted by molar-refractivity contribution is 0.0636. The van der Waals surface area contributed by atoms with Crippen LogP contribution in [0.25, 0.3) is 32.1 Å². The third-order valence-corrected chi connectivity index (χ3v) is 10.8. The predicted molar refractivity (Wildman–Crippen MR) is 191 cm³/mol. The molecule has 13 nitrogen and oxygen atoms in total. The van der Waals surface area contributed by atoms with Crippen LogP contribution in [-0.4, -0.2) is 95.1 Å². The minimum absolute atomic E-state index is 0.0724. The molecule has 2 saturated heterocycles. The van der Waals surface area contributed by atoms with Crippen LogP contribution in [0.1, 0.15) is 50.3 Å². The number of nitriles is 1. The van der Waals surface area contributed by atoms with Crippen molar-refractivity contribution in [3.05, 3.63) is 39.7 Å². The summed E-state index contributed by atoms with van der Waals surface area (Å²) in [5, 5.41) is 24.2. The van der Waals surface area contributed by atoms with Crippen molar-refractivity contribution < 1.29 is 33.3 Å². The van der Waals surface area contributed by atoms with Crippen LogP contribution in [0.4, 0.5) is 24.8 Å². The molecule has 51 heavy (non-hydrogen) atoms. The molecule has 0 spiro atoms. The number of likely N-dealkylation sites (tertiary alicyclic amines) is 1. The fourth-order valence-electron chi connectivity index (χ4n) is 7.22. The first-order valence-corrected chi connectivity index (χ1v) is 17.8. The number of fused-ring (bicyclic) bond motifs is 6. The number of hydrogen-bond acceptors (Lipinski definition) is 11. The minimum Gasteiger partial charge on any atom is -0.465 e. The molecule has 2 N–H and O–H groups in total.